The summed E-state index contributed by atoms with van der Waals surface area (Å²) in [4.78, 5) is 11.9. The molecule has 0 spiro atoms. The number of rotatable bonds is 7. The number of nitrogens with one attached hydrogen (secondary N) is 1. The lowest BCUT2D eigenvalue weighted by molar-refractivity contribution is 0.0952. The number of aliphatic hydroxyl groups is 1. The van der Waals surface area contributed by atoms with E-state index in [-0.39, 0.29) is 12.5 Å². The van der Waals surface area contributed by atoms with Crippen LogP contribution in [0.5, 0.6) is 0 Å². The Morgan fingerprint density at radius 3 is 2.86 bits per heavy atom. The molecule has 0 aromatic heterocycles. The minimum absolute atomic E-state index is 0.148. The maximum Gasteiger partial charge on any atom is 0.251 e. The molecule has 5 heteroatoms. The maximum atomic E-state index is 11.9. The molecule has 1 rings (SSSR count). The third-order valence-electron chi connectivity index (χ3n) is 2.84. The van der Waals surface area contributed by atoms with Crippen LogP contribution in [-0.2, 0) is 4.74 Å². The van der Waals surface area contributed by atoms with Gasteiger partial charge in [-0.2, -0.15) is 0 Å². The summed E-state index contributed by atoms with van der Waals surface area (Å²) in [5, 5.41) is 11.9. The van der Waals surface area contributed by atoms with E-state index in [4.69, 9.17) is 21.4 Å². The van der Waals surface area contributed by atoms with Gasteiger partial charge in [-0.3, -0.25) is 4.79 Å². The van der Waals surface area contributed by atoms with Crippen LogP contribution in [0, 0.1) is 11.8 Å². The Kier molecular flexibility index (Phi) is 8.53. The average molecular weight is 310 g/mol. The van der Waals surface area contributed by atoms with Crippen molar-refractivity contribution in [2.45, 2.75) is 19.3 Å². The Bertz CT molecular complexity index is 520. The highest BCUT2D eigenvalue weighted by molar-refractivity contribution is 6.32. The van der Waals surface area contributed by atoms with Gasteiger partial charge in [0.25, 0.3) is 5.91 Å². The number of hydrogen-bond donors (Lipinski definition) is 2. The number of amides is 1. The smallest absolute Gasteiger partial charge is 0.251 e. The van der Waals surface area contributed by atoms with Crippen molar-refractivity contribution < 1.29 is 14.6 Å². The van der Waals surface area contributed by atoms with Gasteiger partial charge in [0.1, 0.15) is 6.61 Å². The summed E-state index contributed by atoms with van der Waals surface area (Å²) in [6.45, 7) is 1.16. The van der Waals surface area contributed by atoms with Crippen LogP contribution in [-0.4, -0.2) is 37.9 Å². The second kappa shape index (κ2) is 10.2. The first-order valence-corrected chi connectivity index (χ1v) is 7.23. The molecule has 2 N–H and O–H groups in total. The first-order chi connectivity index (χ1) is 10.2. The van der Waals surface area contributed by atoms with Gasteiger partial charge >= 0.3 is 0 Å². The van der Waals surface area contributed by atoms with Crippen LogP contribution in [0.25, 0.3) is 0 Å². The van der Waals surface area contributed by atoms with Gasteiger partial charge in [0.15, 0.2) is 0 Å². The van der Waals surface area contributed by atoms with Crippen LogP contribution in [0.4, 0.5) is 0 Å². The molecule has 0 heterocycles. The molecule has 0 bridgehead atoms. The largest absolute Gasteiger partial charge is 0.385 e. The van der Waals surface area contributed by atoms with E-state index in [0.717, 1.165) is 25.9 Å². The fourth-order valence-corrected chi connectivity index (χ4v) is 1.97. The molecule has 0 unspecified atom stereocenters. The molecule has 0 saturated carbocycles. The average Bonchev–Trinajstić information content (AvgIpc) is 2.49. The molecule has 0 aliphatic rings. The van der Waals surface area contributed by atoms with Gasteiger partial charge in [0.2, 0.25) is 0 Å². The first-order valence-electron chi connectivity index (χ1n) is 6.85. The summed E-state index contributed by atoms with van der Waals surface area (Å²) in [6.07, 6.45) is 2.93. The summed E-state index contributed by atoms with van der Waals surface area (Å²) >= 11 is 6.05. The summed E-state index contributed by atoms with van der Waals surface area (Å²) in [5.74, 6) is 5.10. The summed E-state index contributed by atoms with van der Waals surface area (Å²) in [5.41, 5.74) is 1.10. The Hall–Kier alpha value is -1.54. The topological polar surface area (TPSA) is 58.6 Å². The standard InChI is InChI=1S/C16H20ClNO3/c1-21-11-4-2-3-9-18-16(20)14-8-7-13(6-5-10-19)15(17)12-14/h7-8,12,19H,2-4,9-11H2,1H3,(H,18,20). The lowest BCUT2D eigenvalue weighted by atomic mass is 10.1. The maximum absolute atomic E-state index is 11.9. The van der Waals surface area contributed by atoms with Crippen molar-refractivity contribution in [2.75, 3.05) is 26.9 Å². The van der Waals surface area contributed by atoms with Crippen LogP contribution < -0.4 is 5.32 Å². The Morgan fingerprint density at radius 2 is 2.19 bits per heavy atom. The van der Waals surface area contributed by atoms with E-state index in [2.05, 4.69) is 17.2 Å². The summed E-state index contributed by atoms with van der Waals surface area (Å²) < 4.78 is 4.96. The van der Waals surface area contributed by atoms with E-state index in [0.29, 0.717) is 22.7 Å². The normalized spacial score (nSPS) is 9.86. The molecule has 1 aromatic carbocycles. The van der Waals surface area contributed by atoms with E-state index < -0.39 is 0 Å². The number of methoxy groups -OCH3 is 1. The van der Waals surface area contributed by atoms with Crippen molar-refractivity contribution in [3.8, 4) is 11.8 Å². The monoisotopic (exact) mass is 309 g/mol. The van der Waals surface area contributed by atoms with Gasteiger partial charge in [-0.25, -0.2) is 0 Å². The van der Waals surface area contributed by atoms with Gasteiger partial charge in [-0.05, 0) is 37.5 Å². The lowest BCUT2D eigenvalue weighted by Gasteiger charge is -2.06. The number of ether oxygens (including phenoxy) is 1. The fourth-order valence-electron chi connectivity index (χ4n) is 1.74. The van der Waals surface area contributed by atoms with Gasteiger partial charge in [0, 0.05) is 31.4 Å². The molecule has 0 saturated heterocycles. The number of benzene rings is 1. The molecule has 1 aromatic rings. The molecule has 0 aliphatic carbocycles. The van der Waals surface area contributed by atoms with Crippen molar-refractivity contribution in [3.05, 3.63) is 34.3 Å². The fraction of sp³-hybridized carbons (Fsp3) is 0.438. The van der Waals surface area contributed by atoms with Crippen LogP contribution >= 0.6 is 11.6 Å². The zero-order valence-corrected chi connectivity index (χ0v) is 12.9. The van der Waals surface area contributed by atoms with Gasteiger partial charge in [-0.1, -0.05) is 23.4 Å². The number of hydrogen-bond acceptors (Lipinski definition) is 3. The highest BCUT2D eigenvalue weighted by Crippen LogP contribution is 2.17. The third-order valence-corrected chi connectivity index (χ3v) is 3.16. The van der Waals surface area contributed by atoms with E-state index in [1.807, 2.05) is 0 Å². The molecule has 0 radical (unpaired) electrons. The molecule has 0 atom stereocenters. The number of halogens is 1. The van der Waals surface area contributed by atoms with Crippen molar-refractivity contribution in [1.29, 1.82) is 0 Å². The van der Waals surface area contributed by atoms with Crippen molar-refractivity contribution in [3.63, 3.8) is 0 Å². The van der Waals surface area contributed by atoms with Gasteiger partial charge in [0.05, 0.1) is 5.02 Å². The number of aliphatic hydroxyl groups excluding tert-OH is 1. The highest BCUT2D eigenvalue weighted by Gasteiger charge is 2.07. The molecule has 114 valence electrons. The Labute approximate surface area is 130 Å². The SMILES string of the molecule is COCCCCCNC(=O)c1ccc(C#CCO)c(Cl)c1. The second-order valence-corrected chi connectivity index (χ2v) is 4.87. The Morgan fingerprint density at radius 1 is 1.38 bits per heavy atom. The Balaban J connectivity index is 2.46. The molecule has 1 amide bonds. The highest BCUT2D eigenvalue weighted by atomic mass is 35.5. The van der Waals surface area contributed by atoms with Crippen molar-refractivity contribution in [1.82, 2.24) is 5.32 Å². The molecular formula is C16H20ClNO3. The van der Waals surface area contributed by atoms with Gasteiger partial charge in [-0.15, -0.1) is 0 Å². The molecule has 0 aliphatic heterocycles. The molecule has 0 fully saturated rings. The zero-order valence-electron chi connectivity index (χ0n) is 12.1. The zero-order chi connectivity index (χ0) is 15.5. The quantitative estimate of drug-likeness (QED) is 0.600. The second-order valence-electron chi connectivity index (χ2n) is 4.46. The van der Waals surface area contributed by atoms with Crippen LogP contribution in [0.2, 0.25) is 5.02 Å². The van der Waals surface area contributed by atoms with E-state index >= 15 is 0 Å². The summed E-state index contributed by atoms with van der Waals surface area (Å²) in [6, 6.07) is 4.94. The van der Waals surface area contributed by atoms with Crippen molar-refractivity contribution >= 4 is 17.5 Å². The molecule has 4 nitrogen and oxygen atoms in total. The lowest BCUT2D eigenvalue weighted by Crippen LogP contribution is -2.24. The van der Waals surface area contributed by atoms with Gasteiger partial charge < -0.3 is 15.2 Å². The van der Waals surface area contributed by atoms with E-state index in [1.165, 1.54) is 0 Å². The minimum Gasteiger partial charge on any atom is -0.385 e. The predicted octanol–water partition coefficient (Wildman–Crippen LogP) is 2.23. The molecule has 21 heavy (non-hydrogen) atoms. The van der Waals surface area contributed by atoms with E-state index in [9.17, 15) is 4.79 Å². The van der Waals surface area contributed by atoms with E-state index in [1.54, 1.807) is 25.3 Å². The first kappa shape index (κ1) is 17.5. The van der Waals surface area contributed by atoms with Crippen LogP contribution in [0.15, 0.2) is 18.2 Å². The number of carbonyl (C=O) groups is 1. The third kappa shape index (κ3) is 6.63. The van der Waals surface area contributed by atoms with Crippen LogP contribution in [0.1, 0.15) is 35.2 Å². The van der Waals surface area contributed by atoms with Crippen molar-refractivity contribution in [2.24, 2.45) is 0 Å². The minimum atomic E-state index is -0.221. The van der Waals surface area contributed by atoms with Crippen LogP contribution in [0.3, 0.4) is 0 Å². The summed E-state index contributed by atoms with van der Waals surface area (Å²) in [7, 11) is 1.68. The number of carbonyl (C=O) groups excluding carboxylic acids is 1. The predicted molar refractivity (Wildman–Crippen MR) is 83.5 cm³/mol. The number of unbranched alkanes of at least 4 members (excludes halogenated alkanes) is 2. The molecular weight excluding hydrogens is 290 g/mol.